The summed E-state index contributed by atoms with van der Waals surface area (Å²) in [4.78, 5) is 18.6. The van der Waals surface area contributed by atoms with Gasteiger partial charge in [0.05, 0.1) is 6.20 Å². The summed E-state index contributed by atoms with van der Waals surface area (Å²) in [5, 5.41) is 4.23. The smallest absolute Gasteiger partial charge is 0.222 e. The van der Waals surface area contributed by atoms with Crippen LogP contribution in [-0.4, -0.2) is 28.4 Å². The highest BCUT2D eigenvalue weighted by molar-refractivity contribution is 7.07. The minimum atomic E-state index is 0.216. The van der Waals surface area contributed by atoms with Crippen LogP contribution in [0.3, 0.4) is 0 Å². The summed E-state index contributed by atoms with van der Waals surface area (Å²) in [7, 11) is 0. The number of thiophene rings is 1. The molecule has 22 heavy (non-hydrogen) atoms. The van der Waals surface area contributed by atoms with Crippen molar-refractivity contribution in [2.24, 2.45) is 0 Å². The van der Waals surface area contributed by atoms with Gasteiger partial charge in [-0.2, -0.15) is 11.3 Å². The van der Waals surface area contributed by atoms with Crippen molar-refractivity contribution < 1.29 is 9.21 Å². The molecular weight excluding hydrogens is 296 g/mol. The first-order valence-electron chi connectivity index (χ1n) is 7.82. The van der Waals surface area contributed by atoms with Gasteiger partial charge in [-0.15, -0.1) is 0 Å². The van der Waals surface area contributed by atoms with Crippen molar-refractivity contribution in [3.8, 4) is 0 Å². The molecule has 0 saturated carbocycles. The van der Waals surface area contributed by atoms with Crippen LogP contribution in [0.2, 0.25) is 0 Å². The Morgan fingerprint density at radius 3 is 2.91 bits per heavy atom. The van der Waals surface area contributed by atoms with Crippen LogP contribution in [0.1, 0.15) is 43.9 Å². The molecule has 1 atom stereocenters. The Balaban J connectivity index is 1.80. The van der Waals surface area contributed by atoms with Crippen LogP contribution in [0.15, 0.2) is 27.4 Å². The molecule has 0 saturated heterocycles. The molecular formula is C17H24N2O2S. The summed E-state index contributed by atoms with van der Waals surface area (Å²) in [5.74, 6) is 1.76. The lowest BCUT2D eigenvalue weighted by Crippen LogP contribution is -2.39. The van der Waals surface area contributed by atoms with Crippen molar-refractivity contribution in [3.63, 3.8) is 0 Å². The number of aryl methyl sites for hydroxylation is 2. The van der Waals surface area contributed by atoms with Crippen molar-refractivity contribution in [1.82, 2.24) is 9.88 Å². The van der Waals surface area contributed by atoms with Gasteiger partial charge < -0.3 is 9.32 Å². The number of rotatable bonds is 8. The topological polar surface area (TPSA) is 46.3 Å². The molecule has 1 unspecified atom stereocenters. The molecule has 0 fully saturated rings. The minimum Gasteiger partial charge on any atom is -0.446 e. The van der Waals surface area contributed by atoms with Crippen LogP contribution >= 0.6 is 11.3 Å². The van der Waals surface area contributed by atoms with Crippen LogP contribution in [0, 0.1) is 6.92 Å². The summed E-state index contributed by atoms with van der Waals surface area (Å²) < 4.78 is 5.43. The summed E-state index contributed by atoms with van der Waals surface area (Å²) in [6.07, 6.45) is 4.68. The van der Waals surface area contributed by atoms with E-state index in [1.807, 2.05) is 18.7 Å². The van der Waals surface area contributed by atoms with Crippen molar-refractivity contribution in [2.75, 3.05) is 6.54 Å². The second-order valence-corrected chi connectivity index (χ2v) is 6.36. The number of aromatic nitrogens is 1. The van der Waals surface area contributed by atoms with E-state index in [0.717, 1.165) is 37.5 Å². The van der Waals surface area contributed by atoms with E-state index >= 15 is 0 Å². The lowest BCUT2D eigenvalue weighted by molar-refractivity contribution is -0.133. The third-order valence-corrected chi connectivity index (χ3v) is 4.49. The van der Waals surface area contributed by atoms with E-state index in [1.165, 1.54) is 5.56 Å². The number of oxazole rings is 1. The highest BCUT2D eigenvalue weighted by Gasteiger charge is 2.18. The van der Waals surface area contributed by atoms with Crippen molar-refractivity contribution >= 4 is 17.2 Å². The molecule has 0 aromatic carbocycles. The van der Waals surface area contributed by atoms with E-state index in [1.54, 1.807) is 17.5 Å². The largest absolute Gasteiger partial charge is 0.446 e. The maximum absolute atomic E-state index is 12.4. The highest BCUT2D eigenvalue weighted by atomic mass is 32.1. The Bertz CT molecular complexity index is 577. The monoisotopic (exact) mass is 320 g/mol. The molecule has 0 radical (unpaired) electrons. The van der Waals surface area contributed by atoms with Gasteiger partial charge in [-0.3, -0.25) is 4.79 Å². The van der Waals surface area contributed by atoms with E-state index in [4.69, 9.17) is 4.42 Å². The van der Waals surface area contributed by atoms with E-state index in [9.17, 15) is 4.79 Å². The summed E-state index contributed by atoms with van der Waals surface area (Å²) >= 11 is 1.70. The third kappa shape index (κ3) is 4.70. The Kier molecular flexibility index (Phi) is 6.19. The molecule has 2 aromatic heterocycles. The second-order valence-electron chi connectivity index (χ2n) is 5.58. The molecule has 0 aliphatic heterocycles. The Hall–Kier alpha value is -1.62. The maximum atomic E-state index is 12.4. The molecule has 120 valence electrons. The predicted molar refractivity (Wildman–Crippen MR) is 89.1 cm³/mol. The number of hydrogen-bond donors (Lipinski definition) is 0. The molecule has 1 amide bonds. The lowest BCUT2D eigenvalue weighted by atomic mass is 10.1. The molecule has 2 aromatic rings. The average molecular weight is 320 g/mol. The zero-order valence-electron chi connectivity index (χ0n) is 13.5. The second kappa shape index (κ2) is 8.13. The number of carbonyl (C=O) groups excluding carboxylic acids is 1. The van der Waals surface area contributed by atoms with Gasteiger partial charge >= 0.3 is 0 Å². The van der Waals surface area contributed by atoms with Crippen molar-refractivity contribution in [1.29, 1.82) is 0 Å². The summed E-state index contributed by atoms with van der Waals surface area (Å²) in [5.41, 5.74) is 1.30. The average Bonchev–Trinajstić information content (AvgIpc) is 3.11. The summed E-state index contributed by atoms with van der Waals surface area (Å²) in [6.45, 7) is 6.80. The molecule has 2 heterocycles. The van der Waals surface area contributed by atoms with Crippen LogP contribution in [0.5, 0.6) is 0 Å². The number of nitrogens with zero attached hydrogens (tertiary/aromatic N) is 2. The van der Waals surface area contributed by atoms with Crippen LogP contribution in [0.25, 0.3) is 0 Å². The van der Waals surface area contributed by atoms with Gasteiger partial charge in [0.1, 0.15) is 5.76 Å². The fourth-order valence-electron chi connectivity index (χ4n) is 2.65. The van der Waals surface area contributed by atoms with E-state index < -0.39 is 0 Å². The minimum absolute atomic E-state index is 0.216. The maximum Gasteiger partial charge on any atom is 0.222 e. The van der Waals surface area contributed by atoms with Crippen molar-refractivity contribution in [2.45, 2.75) is 52.5 Å². The van der Waals surface area contributed by atoms with E-state index in [2.05, 4.69) is 28.7 Å². The van der Waals surface area contributed by atoms with Crippen LogP contribution in [-0.2, 0) is 17.6 Å². The van der Waals surface area contributed by atoms with Crippen molar-refractivity contribution in [3.05, 3.63) is 40.2 Å². The molecule has 0 aliphatic rings. The molecule has 4 nitrogen and oxygen atoms in total. The first-order chi connectivity index (χ1) is 10.6. The third-order valence-electron chi connectivity index (χ3n) is 3.75. The van der Waals surface area contributed by atoms with Gasteiger partial charge in [-0.05, 0) is 56.0 Å². The van der Waals surface area contributed by atoms with Gasteiger partial charge in [-0.1, -0.05) is 0 Å². The van der Waals surface area contributed by atoms with E-state index in [-0.39, 0.29) is 11.9 Å². The van der Waals surface area contributed by atoms with Gasteiger partial charge in [-0.25, -0.2) is 4.98 Å². The van der Waals surface area contributed by atoms with Gasteiger partial charge in [0, 0.05) is 25.4 Å². The molecule has 2 rings (SSSR count). The standard InChI is InChI=1S/C17H24N2O2S/c1-4-19(13(2)10-15-8-9-22-12-15)17(20)7-5-6-16-18-11-14(3)21-16/h8-9,11-13H,4-7,10H2,1-3H3. The molecule has 0 spiro atoms. The fourth-order valence-corrected chi connectivity index (χ4v) is 3.33. The Labute approximate surface area is 136 Å². The Morgan fingerprint density at radius 1 is 1.50 bits per heavy atom. The van der Waals surface area contributed by atoms with Gasteiger partial charge in [0.15, 0.2) is 5.89 Å². The molecule has 0 aliphatic carbocycles. The molecule has 0 bridgehead atoms. The highest BCUT2D eigenvalue weighted by Crippen LogP contribution is 2.14. The quantitative estimate of drug-likeness (QED) is 0.742. The lowest BCUT2D eigenvalue weighted by Gasteiger charge is -2.28. The fraction of sp³-hybridized carbons (Fsp3) is 0.529. The van der Waals surface area contributed by atoms with Gasteiger partial charge in [0.25, 0.3) is 0 Å². The normalized spacial score (nSPS) is 12.3. The Morgan fingerprint density at radius 2 is 2.32 bits per heavy atom. The molecule has 5 heteroatoms. The number of likely N-dealkylation sites (N-methyl/N-ethyl adjacent to an activating group) is 1. The molecule has 0 N–H and O–H groups in total. The summed E-state index contributed by atoms with van der Waals surface area (Å²) in [6, 6.07) is 2.36. The first-order valence-corrected chi connectivity index (χ1v) is 8.76. The zero-order valence-corrected chi connectivity index (χ0v) is 14.4. The van der Waals surface area contributed by atoms with Crippen LogP contribution < -0.4 is 0 Å². The number of hydrogen-bond acceptors (Lipinski definition) is 4. The number of carbonyl (C=O) groups is 1. The SMILES string of the molecule is CCN(C(=O)CCCc1ncc(C)o1)C(C)Cc1ccsc1. The zero-order chi connectivity index (χ0) is 15.9. The van der Waals surface area contributed by atoms with Crippen LogP contribution in [0.4, 0.5) is 0 Å². The number of amides is 1. The van der Waals surface area contributed by atoms with E-state index in [0.29, 0.717) is 6.42 Å². The van der Waals surface area contributed by atoms with Gasteiger partial charge in [0.2, 0.25) is 5.91 Å². The first kappa shape index (κ1) is 16.7. The predicted octanol–water partition coefficient (Wildman–Crippen LogP) is 3.85.